The molecule has 1 fully saturated rings. The summed E-state index contributed by atoms with van der Waals surface area (Å²) in [5.74, 6) is -2.23. The third-order valence-electron chi connectivity index (χ3n) is 7.53. The molecule has 0 aromatic heterocycles. The SMILES string of the molecule is COC(=O)[C@@H]1C(=O)C2=C(C[C@@H]1C)NC(C)=C(C(=O)OC1CCCCC1)[C@@H]2c1ccc(OC)c(OC)c1. The van der Waals surface area contributed by atoms with Crippen LogP contribution in [0.5, 0.6) is 11.5 Å². The molecule has 1 aromatic carbocycles. The molecule has 3 aliphatic rings. The van der Waals surface area contributed by atoms with Gasteiger partial charge in [-0.1, -0.05) is 19.4 Å². The number of ether oxygens (including phenoxy) is 4. The van der Waals surface area contributed by atoms with Gasteiger partial charge in [0.25, 0.3) is 0 Å². The lowest BCUT2D eigenvalue weighted by molar-refractivity contribution is -0.151. The largest absolute Gasteiger partial charge is 0.493 e. The number of rotatable bonds is 6. The molecule has 4 rings (SSSR count). The fourth-order valence-electron chi connectivity index (χ4n) is 5.71. The van der Waals surface area contributed by atoms with E-state index in [0.717, 1.165) is 37.8 Å². The quantitative estimate of drug-likeness (QED) is 0.461. The van der Waals surface area contributed by atoms with Crippen LogP contribution in [0.3, 0.4) is 0 Å². The van der Waals surface area contributed by atoms with E-state index in [1.807, 2.05) is 19.9 Å². The Balaban J connectivity index is 1.82. The number of nitrogens with one attached hydrogen (secondary N) is 1. The molecular weight excluding hydrogens is 462 g/mol. The van der Waals surface area contributed by atoms with E-state index in [0.29, 0.717) is 40.3 Å². The highest BCUT2D eigenvalue weighted by molar-refractivity contribution is 6.12. The van der Waals surface area contributed by atoms with Crippen molar-refractivity contribution >= 4 is 17.7 Å². The van der Waals surface area contributed by atoms with Crippen LogP contribution in [0.1, 0.15) is 63.9 Å². The van der Waals surface area contributed by atoms with Crippen LogP contribution < -0.4 is 14.8 Å². The lowest BCUT2D eigenvalue weighted by Gasteiger charge is -2.38. The monoisotopic (exact) mass is 497 g/mol. The van der Waals surface area contributed by atoms with Crippen molar-refractivity contribution in [3.05, 3.63) is 46.3 Å². The Bertz CT molecular complexity index is 1110. The molecule has 8 heteroatoms. The summed E-state index contributed by atoms with van der Waals surface area (Å²) in [6.07, 6.45) is 5.21. The van der Waals surface area contributed by atoms with Crippen molar-refractivity contribution in [2.24, 2.45) is 11.8 Å². The molecule has 0 amide bonds. The Hall–Kier alpha value is -3.29. The Morgan fingerprint density at radius 1 is 1.00 bits per heavy atom. The minimum atomic E-state index is -0.938. The zero-order valence-electron chi connectivity index (χ0n) is 21.6. The molecule has 0 radical (unpaired) electrons. The fraction of sp³-hybridized carbons (Fsp3) is 0.536. The average Bonchev–Trinajstić information content (AvgIpc) is 2.87. The van der Waals surface area contributed by atoms with E-state index in [9.17, 15) is 14.4 Å². The molecule has 2 aliphatic carbocycles. The fourth-order valence-corrected chi connectivity index (χ4v) is 5.71. The lowest BCUT2D eigenvalue weighted by atomic mass is 9.69. The van der Waals surface area contributed by atoms with Crippen LogP contribution in [0.2, 0.25) is 0 Å². The highest BCUT2D eigenvalue weighted by Crippen LogP contribution is 2.47. The summed E-state index contributed by atoms with van der Waals surface area (Å²) in [4.78, 5) is 40.1. The number of benzene rings is 1. The van der Waals surface area contributed by atoms with Crippen molar-refractivity contribution in [1.82, 2.24) is 5.32 Å². The van der Waals surface area contributed by atoms with Gasteiger partial charge in [0.15, 0.2) is 17.3 Å². The standard InChI is InChI=1S/C28H35NO7/c1-15-13-19-25(26(30)22(15)27(31)35-5)24(17-11-12-20(33-3)21(14-17)34-4)23(16(2)29-19)28(32)36-18-9-7-6-8-10-18/h11-12,14-15,18,22,24,29H,6-10,13H2,1-5H3/t15-,22-,24-/m0/s1. The molecule has 36 heavy (non-hydrogen) atoms. The van der Waals surface area contributed by atoms with Gasteiger partial charge in [-0.3, -0.25) is 9.59 Å². The van der Waals surface area contributed by atoms with Crippen LogP contribution in [0.15, 0.2) is 40.7 Å². The molecule has 1 aliphatic heterocycles. The first-order chi connectivity index (χ1) is 17.3. The predicted molar refractivity (Wildman–Crippen MR) is 132 cm³/mol. The van der Waals surface area contributed by atoms with E-state index in [2.05, 4.69) is 5.32 Å². The number of ketones is 1. The van der Waals surface area contributed by atoms with Gasteiger partial charge >= 0.3 is 11.9 Å². The number of esters is 2. The highest BCUT2D eigenvalue weighted by atomic mass is 16.5. The lowest BCUT2D eigenvalue weighted by Crippen LogP contribution is -2.43. The number of dihydropyridines is 1. The van der Waals surface area contributed by atoms with E-state index < -0.39 is 23.8 Å². The van der Waals surface area contributed by atoms with Crippen molar-refractivity contribution in [3.8, 4) is 11.5 Å². The van der Waals surface area contributed by atoms with Crippen molar-refractivity contribution in [1.29, 1.82) is 0 Å². The third-order valence-corrected chi connectivity index (χ3v) is 7.53. The number of hydrogen-bond acceptors (Lipinski definition) is 8. The van der Waals surface area contributed by atoms with E-state index in [4.69, 9.17) is 18.9 Å². The van der Waals surface area contributed by atoms with E-state index in [1.165, 1.54) is 14.2 Å². The van der Waals surface area contributed by atoms with Gasteiger partial charge in [-0.15, -0.1) is 0 Å². The minimum Gasteiger partial charge on any atom is -0.493 e. The number of allylic oxidation sites excluding steroid dienone is 3. The maximum Gasteiger partial charge on any atom is 0.337 e. The molecule has 1 saturated carbocycles. The molecule has 0 unspecified atom stereocenters. The maximum absolute atomic E-state index is 13.9. The number of carbonyl (C=O) groups excluding carboxylic acids is 3. The predicted octanol–water partition coefficient (Wildman–Crippen LogP) is 4.19. The molecular formula is C28H35NO7. The van der Waals surface area contributed by atoms with Gasteiger partial charge in [-0.25, -0.2) is 4.79 Å². The summed E-state index contributed by atoms with van der Waals surface area (Å²) in [7, 11) is 4.37. The average molecular weight is 498 g/mol. The maximum atomic E-state index is 13.9. The molecule has 1 N–H and O–H groups in total. The Kier molecular flexibility index (Phi) is 7.71. The number of hydrogen-bond donors (Lipinski definition) is 1. The zero-order chi connectivity index (χ0) is 26.0. The van der Waals surface area contributed by atoms with Gasteiger partial charge in [0.05, 0.1) is 26.9 Å². The first-order valence-corrected chi connectivity index (χ1v) is 12.6. The van der Waals surface area contributed by atoms with Crippen molar-refractivity contribution in [3.63, 3.8) is 0 Å². The van der Waals surface area contributed by atoms with E-state index >= 15 is 0 Å². The smallest absolute Gasteiger partial charge is 0.337 e. The van der Waals surface area contributed by atoms with Gasteiger partial charge < -0.3 is 24.3 Å². The highest BCUT2D eigenvalue weighted by Gasteiger charge is 2.47. The van der Waals surface area contributed by atoms with Crippen molar-refractivity contribution in [2.45, 2.75) is 64.4 Å². The van der Waals surface area contributed by atoms with Crippen LogP contribution >= 0.6 is 0 Å². The minimum absolute atomic E-state index is 0.141. The summed E-state index contributed by atoms with van der Waals surface area (Å²) >= 11 is 0. The Labute approximate surface area is 212 Å². The van der Waals surface area contributed by atoms with E-state index in [-0.39, 0.29) is 17.8 Å². The second-order valence-corrected chi connectivity index (χ2v) is 9.82. The number of methoxy groups -OCH3 is 3. The van der Waals surface area contributed by atoms with Gasteiger partial charge in [0, 0.05) is 22.9 Å². The zero-order valence-corrected chi connectivity index (χ0v) is 21.6. The second-order valence-electron chi connectivity index (χ2n) is 9.82. The Morgan fingerprint density at radius 3 is 2.33 bits per heavy atom. The van der Waals surface area contributed by atoms with Crippen LogP contribution in [-0.2, 0) is 23.9 Å². The number of Topliss-reactive ketones (excluding diaryl/α,β-unsaturated/α-hetero) is 1. The summed E-state index contributed by atoms with van der Waals surface area (Å²) in [6, 6.07) is 5.35. The summed E-state index contributed by atoms with van der Waals surface area (Å²) in [6.45, 7) is 3.69. The summed E-state index contributed by atoms with van der Waals surface area (Å²) in [5, 5.41) is 3.31. The normalized spacial score (nSPS) is 24.6. The van der Waals surface area contributed by atoms with Crippen LogP contribution in [0.25, 0.3) is 0 Å². The summed E-state index contributed by atoms with van der Waals surface area (Å²) < 4.78 is 21.9. The second kappa shape index (κ2) is 10.8. The topological polar surface area (TPSA) is 100 Å². The molecule has 1 heterocycles. The molecule has 8 nitrogen and oxygen atoms in total. The molecule has 194 valence electrons. The summed E-state index contributed by atoms with van der Waals surface area (Å²) in [5.41, 5.74) is 2.82. The van der Waals surface area contributed by atoms with Crippen LogP contribution in [0.4, 0.5) is 0 Å². The van der Waals surface area contributed by atoms with Crippen molar-refractivity contribution in [2.75, 3.05) is 21.3 Å². The number of carbonyl (C=O) groups is 3. The first-order valence-electron chi connectivity index (χ1n) is 12.6. The van der Waals surface area contributed by atoms with Gasteiger partial charge in [0.2, 0.25) is 0 Å². The molecule has 0 saturated heterocycles. The third kappa shape index (κ3) is 4.73. The Morgan fingerprint density at radius 2 is 1.69 bits per heavy atom. The first kappa shape index (κ1) is 25.8. The molecule has 1 aromatic rings. The van der Waals surface area contributed by atoms with Crippen LogP contribution in [-0.4, -0.2) is 45.2 Å². The van der Waals surface area contributed by atoms with E-state index in [1.54, 1.807) is 19.2 Å². The molecule has 0 bridgehead atoms. The van der Waals surface area contributed by atoms with Gasteiger partial charge in [0.1, 0.15) is 12.0 Å². The molecule has 0 spiro atoms. The van der Waals surface area contributed by atoms with Crippen LogP contribution in [0, 0.1) is 11.8 Å². The van der Waals surface area contributed by atoms with Crippen molar-refractivity contribution < 1.29 is 33.3 Å². The molecule has 3 atom stereocenters. The van der Waals surface area contributed by atoms with Gasteiger partial charge in [-0.2, -0.15) is 0 Å². The van der Waals surface area contributed by atoms with Gasteiger partial charge in [-0.05, 0) is 62.6 Å².